The Morgan fingerprint density at radius 1 is 1.23 bits per heavy atom. The third-order valence-corrected chi connectivity index (χ3v) is 7.13. The number of ether oxygens (including phenoxy) is 1. The maximum atomic E-state index is 12.4. The summed E-state index contributed by atoms with van der Waals surface area (Å²) in [6, 6.07) is 8.93. The van der Waals surface area contributed by atoms with Gasteiger partial charge in [0.1, 0.15) is 23.2 Å². The van der Waals surface area contributed by atoms with Crippen LogP contribution in [0.3, 0.4) is 0 Å². The molecule has 1 aromatic carbocycles. The molecule has 2 aromatic heterocycles. The van der Waals surface area contributed by atoms with Crippen molar-refractivity contribution < 1.29 is 29.1 Å². The normalized spacial score (nSPS) is 21.1. The van der Waals surface area contributed by atoms with E-state index < -0.39 is 29.9 Å². The van der Waals surface area contributed by atoms with Crippen LogP contribution in [0.4, 0.5) is 9.59 Å². The number of aromatic nitrogens is 3. The van der Waals surface area contributed by atoms with Gasteiger partial charge in [-0.05, 0) is 63.8 Å². The third-order valence-electron chi connectivity index (χ3n) is 7.13. The first-order valence-corrected chi connectivity index (χ1v) is 13.2. The van der Waals surface area contributed by atoms with E-state index in [1.807, 2.05) is 24.3 Å². The predicted octanol–water partition coefficient (Wildman–Crippen LogP) is 3.91. The second kappa shape index (κ2) is 10.7. The standard InChI is InChI=1S/C29H33N5O6/c1-17(35)26-30-11-12-34(26)24(14-31-27(36)39-29(2,3)4)23-13-25(40-32-23)19-8-5-18(6-9-19)7-10-20-21-15-33(28(37)38)16-22(20)21/h5-6,8-9,11-13,17,20-22,24,35H,14-16H2,1-4H3,(H,31,36)(H,37,38)/t17-,20?,21-,22+,24+/m0/s1. The maximum absolute atomic E-state index is 12.4. The predicted molar refractivity (Wildman–Crippen MR) is 144 cm³/mol. The van der Waals surface area contributed by atoms with Gasteiger partial charge in [0, 0.05) is 55.1 Å². The number of fused-ring (bicyclic) bond motifs is 1. The molecule has 2 fully saturated rings. The number of nitrogens with zero attached hydrogens (tertiary/aromatic N) is 4. The molecule has 1 aliphatic heterocycles. The Morgan fingerprint density at radius 3 is 2.55 bits per heavy atom. The van der Waals surface area contributed by atoms with Gasteiger partial charge in [0.15, 0.2) is 5.76 Å². The highest BCUT2D eigenvalue weighted by Crippen LogP contribution is 2.51. The highest BCUT2D eigenvalue weighted by molar-refractivity contribution is 5.68. The lowest BCUT2D eigenvalue weighted by atomic mass is 10.1. The molecule has 2 amide bonds. The summed E-state index contributed by atoms with van der Waals surface area (Å²) in [5, 5.41) is 26.4. The van der Waals surface area contributed by atoms with Gasteiger partial charge < -0.3 is 34.3 Å². The van der Waals surface area contributed by atoms with Gasteiger partial charge in [-0.25, -0.2) is 14.6 Å². The van der Waals surface area contributed by atoms with Crippen LogP contribution in [0.2, 0.25) is 0 Å². The molecule has 1 saturated carbocycles. The Morgan fingerprint density at radius 2 is 1.93 bits per heavy atom. The van der Waals surface area contributed by atoms with Crippen LogP contribution in [0.5, 0.6) is 0 Å². The van der Waals surface area contributed by atoms with E-state index in [-0.39, 0.29) is 12.5 Å². The second-order valence-corrected chi connectivity index (χ2v) is 11.3. The lowest BCUT2D eigenvalue weighted by molar-refractivity contribution is 0.0521. The van der Waals surface area contributed by atoms with Gasteiger partial charge in [0.2, 0.25) is 0 Å². The number of aliphatic hydroxyl groups excluding tert-OH is 1. The maximum Gasteiger partial charge on any atom is 0.407 e. The number of aliphatic hydroxyl groups is 1. The zero-order valence-electron chi connectivity index (χ0n) is 22.9. The van der Waals surface area contributed by atoms with Crippen molar-refractivity contribution in [3.8, 4) is 23.2 Å². The molecule has 5 rings (SSSR count). The van der Waals surface area contributed by atoms with Crippen molar-refractivity contribution in [3.63, 3.8) is 0 Å². The SMILES string of the molecule is C[C@H](O)c1nccn1[C@H](CNC(=O)OC(C)(C)C)c1cc(-c2ccc(C#CC3[C@H]4CN(C(=O)O)C[C@@H]34)cc2)on1. The Kier molecular flexibility index (Phi) is 7.29. The van der Waals surface area contributed by atoms with E-state index in [1.54, 1.807) is 50.7 Å². The number of carboxylic acid groups (broad SMARTS) is 1. The van der Waals surface area contributed by atoms with Crippen molar-refractivity contribution in [2.75, 3.05) is 19.6 Å². The van der Waals surface area contributed by atoms with Crippen molar-refractivity contribution in [2.24, 2.45) is 17.8 Å². The van der Waals surface area contributed by atoms with Crippen LogP contribution in [0.1, 0.15) is 56.9 Å². The molecule has 0 spiro atoms. The number of alkyl carbamates (subject to hydrolysis) is 1. The smallest absolute Gasteiger partial charge is 0.407 e. The molecular weight excluding hydrogens is 514 g/mol. The number of amides is 2. The summed E-state index contributed by atoms with van der Waals surface area (Å²) in [6.45, 7) is 8.26. The molecule has 5 atom stereocenters. The van der Waals surface area contributed by atoms with E-state index in [0.717, 1.165) is 11.1 Å². The molecule has 3 aromatic rings. The van der Waals surface area contributed by atoms with Gasteiger partial charge in [0.05, 0.1) is 6.04 Å². The van der Waals surface area contributed by atoms with Gasteiger partial charge in [-0.15, -0.1) is 0 Å². The minimum absolute atomic E-state index is 0.138. The average Bonchev–Trinajstić information content (AvgIpc) is 3.40. The quantitative estimate of drug-likeness (QED) is 0.394. The van der Waals surface area contributed by atoms with Gasteiger partial charge in [-0.1, -0.05) is 17.0 Å². The zero-order chi connectivity index (χ0) is 28.6. The first-order valence-electron chi connectivity index (χ1n) is 13.2. The lowest BCUT2D eigenvalue weighted by Crippen LogP contribution is -2.36. The lowest BCUT2D eigenvalue weighted by Gasteiger charge is -2.23. The summed E-state index contributed by atoms with van der Waals surface area (Å²) in [5.41, 5.74) is 1.58. The van der Waals surface area contributed by atoms with Crippen molar-refractivity contribution in [1.29, 1.82) is 0 Å². The molecule has 3 heterocycles. The van der Waals surface area contributed by atoms with E-state index in [1.165, 1.54) is 4.90 Å². The first kappa shape index (κ1) is 27.3. The van der Waals surface area contributed by atoms with E-state index in [2.05, 4.69) is 27.3 Å². The number of hydrogen-bond donors (Lipinski definition) is 3. The monoisotopic (exact) mass is 547 g/mol. The number of piperidine rings is 1. The van der Waals surface area contributed by atoms with Crippen LogP contribution in [0.15, 0.2) is 47.2 Å². The second-order valence-electron chi connectivity index (χ2n) is 11.3. The molecule has 2 aliphatic rings. The van der Waals surface area contributed by atoms with Gasteiger partial charge in [-0.2, -0.15) is 0 Å². The molecule has 0 radical (unpaired) electrons. The molecule has 1 saturated heterocycles. The highest BCUT2D eigenvalue weighted by Gasteiger charge is 2.56. The summed E-state index contributed by atoms with van der Waals surface area (Å²) >= 11 is 0. The van der Waals surface area contributed by atoms with E-state index in [9.17, 15) is 14.7 Å². The van der Waals surface area contributed by atoms with Gasteiger partial charge in [0.25, 0.3) is 0 Å². The fraction of sp³-hybridized carbons (Fsp3) is 0.448. The first-order chi connectivity index (χ1) is 19.0. The third kappa shape index (κ3) is 5.97. The number of benzene rings is 1. The molecule has 40 heavy (non-hydrogen) atoms. The molecule has 3 N–H and O–H groups in total. The Balaban J connectivity index is 1.29. The number of likely N-dealkylation sites (tertiary alicyclic amines) is 1. The van der Waals surface area contributed by atoms with Crippen LogP contribution < -0.4 is 5.32 Å². The number of carbonyl (C=O) groups excluding carboxylic acids is 1. The Labute approximate surface area is 232 Å². The molecule has 210 valence electrons. The van der Waals surface area contributed by atoms with Crippen molar-refractivity contribution in [1.82, 2.24) is 24.9 Å². The Bertz CT molecular complexity index is 1430. The van der Waals surface area contributed by atoms with E-state index in [0.29, 0.717) is 42.2 Å². The molecule has 11 heteroatoms. The minimum atomic E-state index is -0.857. The summed E-state index contributed by atoms with van der Waals surface area (Å²) in [7, 11) is 0. The van der Waals surface area contributed by atoms with Crippen LogP contribution in [0, 0.1) is 29.6 Å². The summed E-state index contributed by atoms with van der Waals surface area (Å²) in [6.07, 6.45) is 1.05. The number of carbonyl (C=O) groups is 2. The van der Waals surface area contributed by atoms with Crippen molar-refractivity contribution >= 4 is 12.2 Å². The Hall–Kier alpha value is -4.30. The van der Waals surface area contributed by atoms with Crippen LogP contribution in [0.25, 0.3) is 11.3 Å². The number of rotatable bonds is 6. The van der Waals surface area contributed by atoms with Crippen LogP contribution >= 0.6 is 0 Å². The zero-order valence-corrected chi connectivity index (χ0v) is 22.9. The molecular formula is C29H33N5O6. The fourth-order valence-electron chi connectivity index (χ4n) is 5.11. The fourth-order valence-corrected chi connectivity index (χ4v) is 5.11. The molecule has 1 aliphatic carbocycles. The largest absolute Gasteiger partial charge is 0.465 e. The summed E-state index contributed by atoms with van der Waals surface area (Å²) < 4.78 is 12.8. The van der Waals surface area contributed by atoms with Crippen LogP contribution in [-0.4, -0.2) is 67.2 Å². The van der Waals surface area contributed by atoms with Gasteiger partial charge in [-0.3, -0.25) is 0 Å². The molecule has 0 bridgehead atoms. The number of hydrogen-bond acceptors (Lipinski definition) is 7. The molecule has 11 nitrogen and oxygen atoms in total. The highest BCUT2D eigenvalue weighted by atomic mass is 16.6. The number of imidazole rings is 1. The molecule has 1 unspecified atom stereocenters. The summed E-state index contributed by atoms with van der Waals surface area (Å²) in [4.78, 5) is 29.2. The van der Waals surface area contributed by atoms with Crippen LogP contribution in [-0.2, 0) is 4.74 Å². The van der Waals surface area contributed by atoms with E-state index in [4.69, 9.17) is 14.4 Å². The van der Waals surface area contributed by atoms with Crippen molar-refractivity contribution in [2.45, 2.75) is 45.4 Å². The topological polar surface area (TPSA) is 143 Å². The number of nitrogens with one attached hydrogen (secondary N) is 1. The van der Waals surface area contributed by atoms with Gasteiger partial charge >= 0.3 is 12.2 Å². The summed E-state index contributed by atoms with van der Waals surface area (Å²) in [5.74, 6) is 8.43. The van der Waals surface area contributed by atoms with Crippen molar-refractivity contribution in [3.05, 3.63) is 59.8 Å². The average molecular weight is 548 g/mol. The minimum Gasteiger partial charge on any atom is -0.465 e. The van der Waals surface area contributed by atoms with E-state index >= 15 is 0 Å².